The molecule has 11 heteroatoms. The van der Waals surface area contributed by atoms with Crippen LogP contribution in [-0.2, 0) is 13.2 Å². The first-order valence-corrected chi connectivity index (χ1v) is 10.9. The molecule has 1 N–H and O–H groups in total. The van der Waals surface area contributed by atoms with Gasteiger partial charge in [-0.1, -0.05) is 0 Å². The highest BCUT2D eigenvalue weighted by molar-refractivity contribution is 5.55. The molecule has 3 aliphatic carbocycles. The Labute approximate surface area is 182 Å². The Morgan fingerprint density at radius 1 is 1.06 bits per heavy atom. The van der Waals surface area contributed by atoms with Crippen molar-refractivity contribution in [1.29, 1.82) is 0 Å². The first-order chi connectivity index (χ1) is 15.3. The van der Waals surface area contributed by atoms with Crippen LogP contribution >= 0.6 is 0 Å². The molecule has 2 atom stereocenters. The number of anilines is 2. The Hall–Kier alpha value is -2.98. The minimum Gasteiger partial charge on any atom is -0.321 e. The lowest BCUT2D eigenvalue weighted by molar-refractivity contribution is -0.138. The van der Waals surface area contributed by atoms with Crippen LogP contribution in [0.25, 0.3) is 0 Å². The summed E-state index contributed by atoms with van der Waals surface area (Å²) in [5, 5.41) is 11.8. The van der Waals surface area contributed by atoms with Gasteiger partial charge < -0.3 is 5.32 Å². The van der Waals surface area contributed by atoms with E-state index in [4.69, 9.17) is 0 Å². The summed E-state index contributed by atoms with van der Waals surface area (Å²) in [5.41, 5.74) is 1.01. The third-order valence-corrected chi connectivity index (χ3v) is 7.19. The maximum Gasteiger partial charge on any atom is 0.419 e. The van der Waals surface area contributed by atoms with Crippen molar-refractivity contribution in [2.24, 2.45) is 18.9 Å². The summed E-state index contributed by atoms with van der Waals surface area (Å²) in [6, 6.07) is 0.306. The van der Waals surface area contributed by atoms with E-state index in [0.717, 1.165) is 49.1 Å². The number of hydrogen-bond acceptors (Lipinski definition) is 6. The Morgan fingerprint density at radius 3 is 2.44 bits per heavy atom. The van der Waals surface area contributed by atoms with Crippen molar-refractivity contribution in [2.45, 2.75) is 56.7 Å². The number of nitrogens with one attached hydrogen (secondary N) is 1. The van der Waals surface area contributed by atoms with E-state index in [9.17, 15) is 13.2 Å². The van der Waals surface area contributed by atoms with Crippen LogP contribution in [0.3, 0.4) is 0 Å². The lowest BCUT2D eigenvalue weighted by Crippen LogP contribution is -2.14. The van der Waals surface area contributed by atoms with Crippen LogP contribution in [0, 0.1) is 18.8 Å². The van der Waals surface area contributed by atoms with Crippen LogP contribution in [0.5, 0.6) is 0 Å². The van der Waals surface area contributed by atoms with Gasteiger partial charge in [0.15, 0.2) is 0 Å². The highest BCUT2D eigenvalue weighted by atomic mass is 19.4. The third kappa shape index (κ3) is 3.17. The number of aromatic nitrogens is 7. The molecule has 3 fully saturated rings. The fourth-order valence-electron chi connectivity index (χ4n) is 5.38. The maximum atomic E-state index is 13.3. The monoisotopic (exact) mass is 444 g/mol. The number of aryl methyl sites for hydroxylation is 1. The van der Waals surface area contributed by atoms with Crippen LogP contribution in [-0.4, -0.2) is 34.5 Å². The normalized spacial score (nSPS) is 26.9. The number of halogens is 3. The molecule has 3 saturated carbocycles. The zero-order valence-electron chi connectivity index (χ0n) is 17.7. The molecule has 0 bridgehead atoms. The number of hydrogen-bond donors (Lipinski definition) is 1. The van der Waals surface area contributed by atoms with Gasteiger partial charge >= 0.3 is 6.18 Å². The molecule has 3 heterocycles. The van der Waals surface area contributed by atoms with Crippen molar-refractivity contribution in [3.8, 4) is 0 Å². The van der Waals surface area contributed by atoms with E-state index in [0.29, 0.717) is 23.8 Å². The van der Waals surface area contributed by atoms with Crippen LogP contribution < -0.4 is 5.32 Å². The lowest BCUT2D eigenvalue weighted by atomic mass is 10.1. The van der Waals surface area contributed by atoms with E-state index in [2.05, 4.69) is 30.5 Å². The fourth-order valence-corrected chi connectivity index (χ4v) is 5.38. The molecule has 2 unspecified atom stereocenters. The van der Waals surface area contributed by atoms with Crippen molar-refractivity contribution >= 4 is 11.6 Å². The smallest absolute Gasteiger partial charge is 0.321 e. The van der Waals surface area contributed by atoms with E-state index in [1.165, 1.54) is 0 Å². The van der Waals surface area contributed by atoms with Crippen molar-refractivity contribution in [3.05, 3.63) is 41.5 Å². The van der Waals surface area contributed by atoms with Gasteiger partial charge in [0.25, 0.3) is 0 Å². The van der Waals surface area contributed by atoms with Gasteiger partial charge in [-0.25, -0.2) is 15.0 Å². The highest BCUT2D eigenvalue weighted by Gasteiger charge is 2.59. The van der Waals surface area contributed by atoms with Crippen LogP contribution in [0.4, 0.5) is 24.8 Å². The van der Waals surface area contributed by atoms with Gasteiger partial charge in [-0.2, -0.15) is 23.4 Å². The van der Waals surface area contributed by atoms with E-state index >= 15 is 0 Å². The summed E-state index contributed by atoms with van der Waals surface area (Å²) >= 11 is 0. The second-order valence-corrected chi connectivity index (χ2v) is 9.20. The number of rotatable bonds is 5. The maximum absolute atomic E-state index is 13.3. The quantitative estimate of drug-likeness (QED) is 0.637. The summed E-state index contributed by atoms with van der Waals surface area (Å²) in [7, 11) is 1.93. The Balaban J connectivity index is 1.18. The second kappa shape index (κ2) is 6.76. The summed E-state index contributed by atoms with van der Waals surface area (Å²) < 4.78 is 43.7. The molecule has 0 aromatic carbocycles. The fraction of sp³-hybridized carbons (Fsp3) is 0.571. The van der Waals surface area contributed by atoms with Crippen LogP contribution in [0.15, 0.2) is 18.7 Å². The Bertz CT molecular complexity index is 1170. The largest absolute Gasteiger partial charge is 0.419 e. The molecule has 3 aromatic rings. The van der Waals surface area contributed by atoms with Crippen molar-refractivity contribution in [3.63, 3.8) is 0 Å². The van der Waals surface area contributed by atoms with Gasteiger partial charge in [-0.05, 0) is 44.4 Å². The van der Waals surface area contributed by atoms with Crippen LogP contribution in [0.2, 0.25) is 0 Å². The zero-order valence-corrected chi connectivity index (χ0v) is 17.7. The van der Waals surface area contributed by atoms with Gasteiger partial charge in [0.1, 0.15) is 12.2 Å². The van der Waals surface area contributed by atoms with Gasteiger partial charge in [-0.15, -0.1) is 0 Å². The van der Waals surface area contributed by atoms with Gasteiger partial charge in [-0.3, -0.25) is 9.36 Å². The molecule has 32 heavy (non-hydrogen) atoms. The average molecular weight is 444 g/mol. The third-order valence-electron chi connectivity index (χ3n) is 7.19. The van der Waals surface area contributed by atoms with Gasteiger partial charge in [0, 0.05) is 25.1 Å². The zero-order chi connectivity index (χ0) is 22.2. The van der Waals surface area contributed by atoms with E-state index in [1.807, 2.05) is 23.3 Å². The molecule has 0 aliphatic heterocycles. The molecular formula is C21H23F3N8. The SMILES string of the molecule is Cc1c(Nc2ncc(C(F)(F)F)c(C3CC3)n2)cnn1C1CC2C(C1)C2c1ncnn1C. The first-order valence-electron chi connectivity index (χ1n) is 10.9. The molecule has 0 spiro atoms. The Morgan fingerprint density at radius 2 is 1.81 bits per heavy atom. The molecule has 3 aromatic heterocycles. The van der Waals surface area contributed by atoms with E-state index in [-0.39, 0.29) is 17.6 Å². The predicted molar refractivity (Wildman–Crippen MR) is 108 cm³/mol. The Kier molecular flexibility index (Phi) is 4.16. The minimum absolute atomic E-state index is 0.0886. The second-order valence-electron chi connectivity index (χ2n) is 9.20. The minimum atomic E-state index is -4.44. The topological polar surface area (TPSA) is 86.3 Å². The summed E-state index contributed by atoms with van der Waals surface area (Å²) in [6.07, 6.45) is 3.29. The number of fused-ring (bicyclic) bond motifs is 1. The molecule has 168 valence electrons. The standard InChI is InChI=1S/C21H23F3N8/c1-10-16(29-20-25-7-15(21(22,23)24)18(30-20)11-3-4-11)8-27-32(10)12-5-13-14(6-12)17(13)19-26-9-28-31(19)2/h7-9,11-14,17H,3-6H2,1-2H3,(H,25,29,30). The molecule has 0 amide bonds. The molecule has 3 aliphatic rings. The van der Waals surface area contributed by atoms with E-state index < -0.39 is 11.7 Å². The summed E-state index contributed by atoms with van der Waals surface area (Å²) in [5.74, 6) is 2.78. The molecular weight excluding hydrogens is 421 g/mol. The summed E-state index contributed by atoms with van der Waals surface area (Å²) in [4.78, 5) is 12.6. The van der Waals surface area contributed by atoms with Gasteiger partial charge in [0.2, 0.25) is 5.95 Å². The number of nitrogens with zero attached hydrogens (tertiary/aromatic N) is 7. The first kappa shape index (κ1) is 19.7. The molecule has 6 rings (SSSR count). The average Bonchev–Trinajstić information content (AvgIpc) is 3.56. The highest BCUT2D eigenvalue weighted by Crippen LogP contribution is 2.65. The van der Waals surface area contributed by atoms with Crippen molar-refractivity contribution in [2.75, 3.05) is 5.32 Å². The molecule has 0 radical (unpaired) electrons. The lowest BCUT2D eigenvalue weighted by Gasteiger charge is -2.17. The summed E-state index contributed by atoms with van der Waals surface area (Å²) in [6.45, 7) is 1.96. The molecule has 0 saturated heterocycles. The van der Waals surface area contributed by atoms with Crippen molar-refractivity contribution in [1.82, 2.24) is 34.5 Å². The number of alkyl halides is 3. The van der Waals surface area contributed by atoms with Crippen LogP contribution in [0.1, 0.15) is 66.3 Å². The van der Waals surface area contributed by atoms with Gasteiger partial charge in [0.05, 0.1) is 34.9 Å². The predicted octanol–water partition coefficient (Wildman–Crippen LogP) is 4.11. The van der Waals surface area contributed by atoms with E-state index in [1.54, 1.807) is 12.5 Å². The van der Waals surface area contributed by atoms with Crippen molar-refractivity contribution < 1.29 is 13.2 Å². The molecule has 8 nitrogen and oxygen atoms in total.